The summed E-state index contributed by atoms with van der Waals surface area (Å²) in [4.78, 5) is 31.2. The highest BCUT2D eigenvalue weighted by molar-refractivity contribution is 8.04. The van der Waals surface area contributed by atoms with Crippen LogP contribution in [0.3, 0.4) is 0 Å². The zero-order valence-corrected chi connectivity index (χ0v) is 21.7. The summed E-state index contributed by atoms with van der Waals surface area (Å²) in [5.74, 6) is 0.535. The number of likely N-dealkylation sites (N-methyl/N-ethyl adjacent to an activating group) is 2. The largest absolute Gasteiger partial charge is 0.497 e. The molecule has 0 aromatic heterocycles. The Kier molecular flexibility index (Phi) is 8.46. The van der Waals surface area contributed by atoms with Crippen molar-refractivity contribution in [3.05, 3.63) is 94.4 Å². The lowest BCUT2D eigenvalue weighted by Crippen LogP contribution is -2.34. The molecule has 0 aliphatic carbocycles. The Morgan fingerprint density at radius 1 is 1.06 bits per heavy atom. The maximum Gasteiger partial charge on any atom is 0.264 e. The third kappa shape index (κ3) is 6.36. The van der Waals surface area contributed by atoms with Gasteiger partial charge in [-0.15, -0.1) is 0 Å². The molecule has 0 unspecified atom stereocenters. The number of thioether (sulfide) groups is 1. The maximum atomic E-state index is 13.0. The fraction of sp³-hybridized carbons (Fsp3) is 0.241. The molecular formula is C29H31N3O3S. The monoisotopic (exact) mass is 501 g/mol. The molecule has 1 aliphatic heterocycles. The zero-order valence-electron chi connectivity index (χ0n) is 20.9. The minimum atomic E-state index is -0.139. The van der Waals surface area contributed by atoms with Crippen LogP contribution in [0, 0.1) is 0 Å². The topological polar surface area (TPSA) is 61.9 Å². The van der Waals surface area contributed by atoms with Gasteiger partial charge >= 0.3 is 0 Å². The van der Waals surface area contributed by atoms with Gasteiger partial charge in [0, 0.05) is 37.1 Å². The van der Waals surface area contributed by atoms with E-state index in [9.17, 15) is 9.59 Å². The van der Waals surface area contributed by atoms with Gasteiger partial charge in [0.25, 0.3) is 11.8 Å². The van der Waals surface area contributed by atoms with Crippen molar-refractivity contribution in [1.82, 2.24) is 10.2 Å². The molecule has 6 nitrogen and oxygen atoms in total. The van der Waals surface area contributed by atoms with Crippen molar-refractivity contribution < 1.29 is 14.3 Å². The third-order valence-corrected chi connectivity index (χ3v) is 7.21. The van der Waals surface area contributed by atoms with Gasteiger partial charge in [0.2, 0.25) is 0 Å². The molecule has 4 rings (SSSR count). The summed E-state index contributed by atoms with van der Waals surface area (Å²) in [6, 6.07) is 23.5. The molecule has 1 aliphatic rings. The maximum absolute atomic E-state index is 13.0. The number of rotatable bonds is 9. The van der Waals surface area contributed by atoms with E-state index in [0.29, 0.717) is 17.0 Å². The molecule has 36 heavy (non-hydrogen) atoms. The number of amides is 2. The van der Waals surface area contributed by atoms with E-state index in [1.165, 1.54) is 17.3 Å². The summed E-state index contributed by atoms with van der Waals surface area (Å²) in [7, 11) is 5.43. The molecule has 0 spiro atoms. The lowest BCUT2D eigenvalue weighted by Gasteiger charge is -2.27. The first-order valence-corrected chi connectivity index (χ1v) is 12.7. The van der Waals surface area contributed by atoms with Crippen LogP contribution in [0.1, 0.15) is 21.5 Å². The van der Waals surface area contributed by atoms with Crippen molar-refractivity contribution in [2.75, 3.05) is 45.7 Å². The Morgan fingerprint density at radius 3 is 2.53 bits per heavy atom. The number of hydrogen-bond donors (Lipinski definition) is 1. The molecule has 3 aromatic carbocycles. The minimum Gasteiger partial charge on any atom is -0.497 e. The second kappa shape index (κ2) is 11.9. The first-order chi connectivity index (χ1) is 17.4. The van der Waals surface area contributed by atoms with Crippen LogP contribution in [0.25, 0.3) is 6.08 Å². The van der Waals surface area contributed by atoms with Crippen LogP contribution in [0.5, 0.6) is 5.75 Å². The highest BCUT2D eigenvalue weighted by atomic mass is 32.2. The highest BCUT2D eigenvalue weighted by Gasteiger charge is 2.27. The number of fused-ring (bicyclic) bond motifs is 1. The Labute approximate surface area is 216 Å². The van der Waals surface area contributed by atoms with Gasteiger partial charge in [0.05, 0.1) is 17.7 Å². The first-order valence-electron chi connectivity index (χ1n) is 11.9. The van der Waals surface area contributed by atoms with Crippen molar-refractivity contribution in [1.29, 1.82) is 0 Å². The molecule has 0 saturated carbocycles. The van der Waals surface area contributed by atoms with E-state index in [-0.39, 0.29) is 11.8 Å². The number of hydrogen-bond acceptors (Lipinski definition) is 5. The Bertz CT molecular complexity index is 1240. The summed E-state index contributed by atoms with van der Waals surface area (Å²) < 4.78 is 5.20. The number of nitrogens with zero attached hydrogens (tertiary/aromatic N) is 2. The minimum absolute atomic E-state index is 0.0964. The van der Waals surface area contributed by atoms with Gasteiger partial charge in [-0.05, 0) is 61.0 Å². The molecule has 1 N–H and O–H groups in total. The predicted molar refractivity (Wildman–Crippen MR) is 147 cm³/mol. The normalized spacial score (nSPS) is 14.2. The average molecular weight is 502 g/mol. The molecule has 0 radical (unpaired) electrons. The summed E-state index contributed by atoms with van der Waals surface area (Å²) in [6.45, 7) is 2.24. The Morgan fingerprint density at radius 2 is 1.81 bits per heavy atom. The lowest BCUT2D eigenvalue weighted by atomic mass is 10.1. The number of ether oxygens (including phenoxy) is 1. The quantitative estimate of drug-likeness (QED) is 0.431. The van der Waals surface area contributed by atoms with Crippen LogP contribution in [-0.2, 0) is 11.2 Å². The summed E-state index contributed by atoms with van der Waals surface area (Å²) in [5.41, 5.74) is 3.52. The van der Waals surface area contributed by atoms with Crippen LogP contribution in [-0.4, -0.2) is 57.6 Å². The van der Waals surface area contributed by atoms with Gasteiger partial charge in [-0.2, -0.15) is 0 Å². The van der Waals surface area contributed by atoms with Crippen molar-refractivity contribution in [3.63, 3.8) is 0 Å². The molecule has 2 amide bonds. The molecule has 7 heteroatoms. The molecule has 0 atom stereocenters. The van der Waals surface area contributed by atoms with E-state index in [1.54, 1.807) is 25.1 Å². The van der Waals surface area contributed by atoms with Gasteiger partial charge in [0.1, 0.15) is 5.75 Å². The van der Waals surface area contributed by atoms with Crippen molar-refractivity contribution in [2.24, 2.45) is 0 Å². The first kappa shape index (κ1) is 25.5. The summed E-state index contributed by atoms with van der Waals surface area (Å²) in [5, 5.41) is 3.00. The molecule has 3 aromatic rings. The average Bonchev–Trinajstić information content (AvgIpc) is 2.91. The number of benzene rings is 3. The number of carbonyl (C=O) groups excluding carboxylic acids is 2. The van der Waals surface area contributed by atoms with Crippen LogP contribution < -0.4 is 15.0 Å². The van der Waals surface area contributed by atoms with Crippen molar-refractivity contribution in [2.45, 2.75) is 11.3 Å². The number of nitrogens with one attached hydrogen (secondary N) is 1. The number of carbonyl (C=O) groups is 2. The Balaban J connectivity index is 1.34. The van der Waals surface area contributed by atoms with E-state index in [1.807, 2.05) is 48.5 Å². The van der Waals surface area contributed by atoms with Gasteiger partial charge in [0.15, 0.2) is 0 Å². The van der Waals surface area contributed by atoms with Crippen LogP contribution in [0.4, 0.5) is 5.69 Å². The van der Waals surface area contributed by atoms with Gasteiger partial charge in [-0.25, -0.2) is 0 Å². The number of anilines is 1. The number of methoxy groups -OCH3 is 1. The smallest absolute Gasteiger partial charge is 0.264 e. The van der Waals surface area contributed by atoms with Crippen LogP contribution in [0.2, 0.25) is 0 Å². The fourth-order valence-corrected chi connectivity index (χ4v) is 5.02. The molecule has 1 heterocycles. The lowest BCUT2D eigenvalue weighted by molar-refractivity contribution is -0.114. The van der Waals surface area contributed by atoms with Crippen molar-refractivity contribution >= 4 is 35.3 Å². The van der Waals surface area contributed by atoms with E-state index in [0.717, 1.165) is 41.4 Å². The highest BCUT2D eigenvalue weighted by Crippen LogP contribution is 2.42. The van der Waals surface area contributed by atoms with Gasteiger partial charge in [-0.3, -0.25) is 9.59 Å². The van der Waals surface area contributed by atoms with Gasteiger partial charge < -0.3 is 19.9 Å². The van der Waals surface area contributed by atoms with E-state index in [2.05, 4.69) is 41.5 Å². The van der Waals surface area contributed by atoms with Crippen molar-refractivity contribution in [3.8, 4) is 5.75 Å². The summed E-state index contributed by atoms with van der Waals surface area (Å²) in [6.07, 6.45) is 2.85. The molecule has 0 bridgehead atoms. The molecule has 186 valence electrons. The van der Waals surface area contributed by atoms with E-state index in [4.69, 9.17) is 4.74 Å². The van der Waals surface area contributed by atoms with Crippen LogP contribution >= 0.6 is 11.8 Å². The fourth-order valence-electron chi connectivity index (χ4n) is 3.93. The van der Waals surface area contributed by atoms with E-state index >= 15 is 0 Å². The molecule has 0 saturated heterocycles. The third-order valence-electron chi connectivity index (χ3n) is 6.14. The Hall–Kier alpha value is -3.55. The summed E-state index contributed by atoms with van der Waals surface area (Å²) >= 11 is 1.42. The second-order valence-electron chi connectivity index (χ2n) is 8.73. The van der Waals surface area contributed by atoms with E-state index < -0.39 is 0 Å². The zero-order chi connectivity index (χ0) is 25.5. The SMILES string of the molecule is COc1ccc(C=C2Sc3ccc(C(=O)NCCN(C)CCc4ccccc4)cc3N(C)C2=O)cc1. The molecular weight excluding hydrogens is 470 g/mol. The van der Waals surface area contributed by atoms with Gasteiger partial charge in [-0.1, -0.05) is 54.2 Å². The molecule has 0 fully saturated rings. The van der Waals surface area contributed by atoms with Crippen LogP contribution in [0.15, 0.2) is 82.6 Å². The standard InChI is InChI=1S/C29H31N3O3S/c1-31(17-15-21-7-5-4-6-8-21)18-16-30-28(33)23-11-14-26-25(20-23)32(2)29(34)27(36-26)19-22-9-12-24(35-3)13-10-22/h4-14,19-20H,15-18H2,1-3H3,(H,30,33). The second-order valence-corrected chi connectivity index (χ2v) is 9.81. The predicted octanol–water partition coefficient (Wildman–Crippen LogP) is 4.71.